The Morgan fingerprint density at radius 3 is 2.81 bits per heavy atom. The van der Waals surface area contributed by atoms with Gasteiger partial charge in [0.25, 0.3) is 0 Å². The second-order valence-corrected chi connectivity index (χ2v) is 6.34. The molecule has 0 spiro atoms. The number of carbonyl (C=O) groups excluding carboxylic acids is 1. The number of para-hydroxylation sites is 1. The van der Waals surface area contributed by atoms with Crippen LogP contribution in [-0.2, 0) is 4.79 Å². The van der Waals surface area contributed by atoms with Crippen LogP contribution < -0.4 is 11.0 Å². The normalized spacial score (nSPS) is 15.7. The molecule has 0 saturated heterocycles. The molecular formula is C14H16N4O2S. The summed E-state index contributed by atoms with van der Waals surface area (Å²) < 4.78 is 1.65. The fraction of sp³-hybridized carbons (Fsp3) is 0.357. The van der Waals surface area contributed by atoms with E-state index in [1.165, 1.54) is 11.8 Å². The van der Waals surface area contributed by atoms with Crippen LogP contribution in [0.2, 0.25) is 0 Å². The SMILES string of the molecule is CC(Sc1n[nH]c(=O)n1C1CC1)C(=O)Nc1ccccc1. The molecule has 1 heterocycles. The van der Waals surface area contributed by atoms with Gasteiger partial charge in [0.2, 0.25) is 5.91 Å². The van der Waals surface area contributed by atoms with Crippen molar-refractivity contribution in [3.8, 4) is 0 Å². The van der Waals surface area contributed by atoms with Crippen molar-refractivity contribution in [2.24, 2.45) is 0 Å². The molecule has 1 fully saturated rings. The van der Waals surface area contributed by atoms with Crippen molar-refractivity contribution < 1.29 is 4.79 Å². The molecule has 6 nitrogen and oxygen atoms in total. The van der Waals surface area contributed by atoms with E-state index < -0.39 is 0 Å². The zero-order valence-corrected chi connectivity index (χ0v) is 12.4. The first-order chi connectivity index (χ1) is 10.1. The standard InChI is InChI=1S/C14H16N4O2S/c1-9(12(19)15-10-5-3-2-4-6-10)21-14-17-16-13(20)18(14)11-7-8-11/h2-6,9,11H,7-8H2,1H3,(H,15,19)(H,16,20). The smallest absolute Gasteiger partial charge is 0.325 e. The lowest BCUT2D eigenvalue weighted by atomic mass is 10.3. The van der Waals surface area contributed by atoms with Crippen molar-refractivity contribution in [3.05, 3.63) is 40.8 Å². The van der Waals surface area contributed by atoms with Crippen LogP contribution in [0, 0.1) is 0 Å². The van der Waals surface area contributed by atoms with Crippen LogP contribution in [0.25, 0.3) is 0 Å². The van der Waals surface area contributed by atoms with E-state index in [4.69, 9.17) is 0 Å². The van der Waals surface area contributed by atoms with Gasteiger partial charge in [-0.1, -0.05) is 30.0 Å². The Morgan fingerprint density at radius 1 is 1.43 bits per heavy atom. The van der Waals surface area contributed by atoms with Crippen LogP contribution in [0.15, 0.2) is 40.3 Å². The highest BCUT2D eigenvalue weighted by Gasteiger charge is 2.30. The Kier molecular flexibility index (Phi) is 3.83. The summed E-state index contributed by atoms with van der Waals surface area (Å²) >= 11 is 1.30. The minimum Gasteiger partial charge on any atom is -0.325 e. The maximum Gasteiger partial charge on any atom is 0.344 e. The predicted molar refractivity (Wildman–Crippen MR) is 81.5 cm³/mol. The van der Waals surface area contributed by atoms with Crippen LogP contribution in [0.3, 0.4) is 0 Å². The van der Waals surface area contributed by atoms with Gasteiger partial charge in [0.15, 0.2) is 5.16 Å². The monoisotopic (exact) mass is 304 g/mol. The molecule has 2 N–H and O–H groups in total. The Balaban J connectivity index is 1.67. The minimum absolute atomic E-state index is 0.107. The molecule has 0 aliphatic heterocycles. The number of hydrogen-bond donors (Lipinski definition) is 2. The second-order valence-electron chi connectivity index (χ2n) is 5.03. The van der Waals surface area contributed by atoms with Gasteiger partial charge in [0.1, 0.15) is 0 Å². The van der Waals surface area contributed by atoms with E-state index in [2.05, 4.69) is 15.5 Å². The summed E-state index contributed by atoms with van der Waals surface area (Å²) in [5.41, 5.74) is 0.562. The van der Waals surface area contributed by atoms with Gasteiger partial charge in [-0.15, -0.1) is 5.10 Å². The fourth-order valence-electron chi connectivity index (χ4n) is 2.01. The van der Waals surface area contributed by atoms with Crippen LogP contribution in [0.5, 0.6) is 0 Å². The lowest BCUT2D eigenvalue weighted by Gasteiger charge is -2.11. The van der Waals surface area contributed by atoms with E-state index in [9.17, 15) is 9.59 Å². The summed E-state index contributed by atoms with van der Waals surface area (Å²) in [6, 6.07) is 9.54. The molecule has 2 aromatic rings. The van der Waals surface area contributed by atoms with E-state index in [1.807, 2.05) is 30.3 Å². The third-order valence-electron chi connectivity index (χ3n) is 3.28. The van der Waals surface area contributed by atoms with Gasteiger partial charge >= 0.3 is 5.69 Å². The van der Waals surface area contributed by atoms with Crippen molar-refractivity contribution in [1.29, 1.82) is 0 Å². The molecular weight excluding hydrogens is 288 g/mol. The number of amides is 1. The molecule has 1 aromatic heterocycles. The Labute approximate surface area is 125 Å². The van der Waals surface area contributed by atoms with Crippen LogP contribution in [0.4, 0.5) is 5.69 Å². The molecule has 110 valence electrons. The first-order valence-corrected chi connectivity index (χ1v) is 7.72. The summed E-state index contributed by atoms with van der Waals surface area (Å²) in [6.07, 6.45) is 2.00. The van der Waals surface area contributed by atoms with Gasteiger partial charge in [-0.2, -0.15) is 0 Å². The lowest BCUT2D eigenvalue weighted by Crippen LogP contribution is -2.23. The molecule has 1 aromatic carbocycles. The van der Waals surface area contributed by atoms with Crippen LogP contribution in [0.1, 0.15) is 25.8 Å². The summed E-state index contributed by atoms with van der Waals surface area (Å²) in [6.45, 7) is 1.80. The number of nitrogens with one attached hydrogen (secondary N) is 2. The highest BCUT2D eigenvalue weighted by Crippen LogP contribution is 2.36. The van der Waals surface area contributed by atoms with Gasteiger partial charge in [-0.25, -0.2) is 9.89 Å². The maximum absolute atomic E-state index is 12.2. The van der Waals surface area contributed by atoms with E-state index in [-0.39, 0.29) is 22.9 Å². The largest absolute Gasteiger partial charge is 0.344 e. The molecule has 1 aliphatic carbocycles. The number of H-pyrrole nitrogens is 1. The number of hydrogen-bond acceptors (Lipinski definition) is 4. The van der Waals surface area contributed by atoms with Gasteiger partial charge in [0, 0.05) is 11.7 Å². The number of anilines is 1. The second kappa shape index (κ2) is 5.77. The Bertz CT molecular complexity index is 690. The van der Waals surface area contributed by atoms with Gasteiger partial charge < -0.3 is 5.32 Å². The molecule has 7 heteroatoms. The van der Waals surface area contributed by atoms with Crippen LogP contribution in [-0.4, -0.2) is 25.9 Å². The quantitative estimate of drug-likeness (QED) is 0.828. The van der Waals surface area contributed by atoms with Crippen molar-refractivity contribution >= 4 is 23.4 Å². The highest BCUT2D eigenvalue weighted by atomic mass is 32.2. The van der Waals surface area contributed by atoms with Crippen LogP contribution >= 0.6 is 11.8 Å². The summed E-state index contributed by atoms with van der Waals surface area (Å²) in [4.78, 5) is 23.9. The van der Waals surface area contributed by atoms with Crippen molar-refractivity contribution in [3.63, 3.8) is 0 Å². The number of rotatable bonds is 5. The number of benzene rings is 1. The summed E-state index contributed by atoms with van der Waals surface area (Å²) in [7, 11) is 0. The first kappa shape index (κ1) is 13.9. The third kappa shape index (κ3) is 3.18. The zero-order valence-electron chi connectivity index (χ0n) is 11.6. The number of nitrogens with zero attached hydrogens (tertiary/aromatic N) is 2. The molecule has 0 radical (unpaired) electrons. The van der Waals surface area contributed by atoms with Crippen molar-refractivity contribution in [2.75, 3.05) is 5.32 Å². The van der Waals surface area contributed by atoms with E-state index >= 15 is 0 Å². The molecule has 3 rings (SSSR count). The molecule has 1 saturated carbocycles. The molecule has 0 bridgehead atoms. The number of aromatic nitrogens is 3. The number of thioether (sulfide) groups is 1. The van der Waals surface area contributed by atoms with Crippen molar-refractivity contribution in [2.45, 2.75) is 36.2 Å². The van der Waals surface area contributed by atoms with E-state index in [1.54, 1.807) is 11.5 Å². The minimum atomic E-state index is -0.335. The number of carbonyl (C=O) groups is 1. The third-order valence-corrected chi connectivity index (χ3v) is 4.34. The summed E-state index contributed by atoms with van der Waals surface area (Å²) in [5, 5.41) is 9.57. The summed E-state index contributed by atoms with van der Waals surface area (Å²) in [5.74, 6) is -0.107. The topological polar surface area (TPSA) is 79.8 Å². The molecule has 1 amide bonds. The molecule has 1 unspecified atom stereocenters. The van der Waals surface area contributed by atoms with E-state index in [0.29, 0.717) is 5.16 Å². The predicted octanol–water partition coefficient (Wildman–Crippen LogP) is 2.03. The lowest BCUT2D eigenvalue weighted by molar-refractivity contribution is -0.115. The van der Waals surface area contributed by atoms with Crippen molar-refractivity contribution in [1.82, 2.24) is 14.8 Å². The molecule has 21 heavy (non-hydrogen) atoms. The van der Waals surface area contributed by atoms with E-state index in [0.717, 1.165) is 18.5 Å². The Morgan fingerprint density at radius 2 is 2.14 bits per heavy atom. The highest BCUT2D eigenvalue weighted by molar-refractivity contribution is 8.00. The zero-order chi connectivity index (χ0) is 14.8. The maximum atomic E-state index is 12.2. The average molecular weight is 304 g/mol. The van der Waals surface area contributed by atoms with Gasteiger partial charge in [-0.05, 0) is 31.9 Å². The first-order valence-electron chi connectivity index (χ1n) is 6.84. The molecule has 1 aliphatic rings. The molecule has 1 atom stereocenters. The fourth-order valence-corrected chi connectivity index (χ4v) is 2.93. The Hall–Kier alpha value is -2.02. The average Bonchev–Trinajstić information content (AvgIpc) is 3.25. The number of aromatic amines is 1. The van der Waals surface area contributed by atoms with Gasteiger partial charge in [0.05, 0.1) is 5.25 Å². The van der Waals surface area contributed by atoms with Gasteiger partial charge in [-0.3, -0.25) is 9.36 Å².